The van der Waals surface area contributed by atoms with Gasteiger partial charge in [0.1, 0.15) is 6.54 Å². The lowest BCUT2D eigenvalue weighted by molar-refractivity contribution is -0.143. The van der Waals surface area contributed by atoms with Gasteiger partial charge in [0.2, 0.25) is 6.79 Å². The van der Waals surface area contributed by atoms with E-state index in [4.69, 9.17) is 14.2 Å². The quantitative estimate of drug-likeness (QED) is 0.702. The molecule has 4 saturated carbocycles. The van der Waals surface area contributed by atoms with Crippen LogP contribution in [0, 0.1) is 23.2 Å². The second-order valence-electron chi connectivity index (χ2n) is 9.33. The number of hydrogen-bond acceptors (Lipinski definition) is 6. The van der Waals surface area contributed by atoms with Crippen LogP contribution in [-0.2, 0) is 20.9 Å². The molecule has 158 valence electrons. The van der Waals surface area contributed by atoms with Gasteiger partial charge in [-0.2, -0.15) is 4.99 Å². The summed E-state index contributed by atoms with van der Waals surface area (Å²) >= 11 is 1.41. The number of methoxy groups -OCH3 is 1. The highest BCUT2D eigenvalue weighted by Crippen LogP contribution is 2.60. The van der Waals surface area contributed by atoms with Crippen molar-refractivity contribution >= 4 is 33.4 Å². The van der Waals surface area contributed by atoms with E-state index in [1.165, 1.54) is 37.7 Å². The van der Waals surface area contributed by atoms with Crippen LogP contribution in [0.25, 0.3) is 10.2 Å². The number of carbonyl (C=O) groups excluding carboxylic acids is 2. The molecule has 0 unspecified atom stereocenters. The predicted octanol–water partition coefficient (Wildman–Crippen LogP) is 3.25. The van der Waals surface area contributed by atoms with E-state index in [1.54, 1.807) is 4.57 Å². The van der Waals surface area contributed by atoms with Crippen molar-refractivity contribution in [2.24, 2.45) is 28.2 Å². The first-order valence-electron chi connectivity index (χ1n) is 10.6. The Labute approximate surface area is 177 Å². The summed E-state index contributed by atoms with van der Waals surface area (Å²) in [4.78, 5) is 30.8. The monoisotopic (exact) mass is 428 g/mol. The molecule has 0 radical (unpaired) electrons. The molecule has 4 fully saturated rings. The fraction of sp³-hybridized carbons (Fsp3) is 0.591. The van der Waals surface area contributed by atoms with Crippen LogP contribution in [-0.4, -0.2) is 30.3 Å². The molecule has 4 bridgehead atoms. The Morgan fingerprint density at radius 3 is 2.40 bits per heavy atom. The molecule has 0 atom stereocenters. The Morgan fingerprint density at radius 1 is 1.13 bits per heavy atom. The van der Waals surface area contributed by atoms with Crippen molar-refractivity contribution in [2.45, 2.75) is 45.1 Å². The summed E-state index contributed by atoms with van der Waals surface area (Å²) in [6, 6.07) is 3.75. The van der Waals surface area contributed by atoms with Crippen molar-refractivity contribution < 1.29 is 23.8 Å². The largest absolute Gasteiger partial charge is 0.468 e. The zero-order chi connectivity index (χ0) is 20.5. The molecule has 4 aliphatic carbocycles. The van der Waals surface area contributed by atoms with E-state index in [9.17, 15) is 9.59 Å². The zero-order valence-electron chi connectivity index (χ0n) is 16.9. The Hall–Kier alpha value is -2.35. The molecule has 8 heteroatoms. The van der Waals surface area contributed by atoms with Gasteiger partial charge in [-0.3, -0.25) is 9.59 Å². The van der Waals surface area contributed by atoms with Gasteiger partial charge in [-0.05, 0) is 56.3 Å². The molecular formula is C22H24N2O5S. The van der Waals surface area contributed by atoms with E-state index in [0.29, 0.717) is 34.1 Å². The van der Waals surface area contributed by atoms with Crippen LogP contribution in [0.5, 0.6) is 11.5 Å². The Morgan fingerprint density at radius 2 is 1.77 bits per heavy atom. The van der Waals surface area contributed by atoms with E-state index in [1.807, 2.05) is 12.1 Å². The number of aromatic nitrogens is 1. The number of ether oxygens (including phenoxy) is 3. The number of amides is 1. The molecule has 1 aliphatic heterocycles. The van der Waals surface area contributed by atoms with Crippen LogP contribution >= 0.6 is 11.3 Å². The lowest BCUT2D eigenvalue weighted by Crippen LogP contribution is -2.50. The van der Waals surface area contributed by atoms with E-state index in [-0.39, 0.29) is 30.6 Å². The lowest BCUT2D eigenvalue weighted by Gasteiger charge is -2.55. The van der Waals surface area contributed by atoms with Crippen molar-refractivity contribution in [1.82, 2.24) is 4.57 Å². The fourth-order valence-corrected chi connectivity index (χ4v) is 7.51. The van der Waals surface area contributed by atoms with Crippen LogP contribution in [0.15, 0.2) is 17.1 Å². The molecule has 0 spiro atoms. The van der Waals surface area contributed by atoms with Crippen LogP contribution < -0.4 is 14.3 Å². The van der Waals surface area contributed by atoms with Gasteiger partial charge in [0, 0.05) is 12.1 Å². The molecule has 2 aromatic rings. The third kappa shape index (κ3) is 2.80. The van der Waals surface area contributed by atoms with Crippen molar-refractivity contribution in [2.75, 3.05) is 13.9 Å². The van der Waals surface area contributed by atoms with Gasteiger partial charge in [0.15, 0.2) is 16.3 Å². The first kappa shape index (κ1) is 18.4. The average molecular weight is 429 g/mol. The zero-order valence-corrected chi connectivity index (χ0v) is 17.7. The second kappa shape index (κ2) is 6.57. The number of thiazole rings is 1. The number of esters is 1. The minimum atomic E-state index is -0.379. The van der Waals surface area contributed by atoms with Crippen molar-refractivity contribution in [3.8, 4) is 11.5 Å². The number of hydrogen-bond donors (Lipinski definition) is 0. The molecule has 2 heterocycles. The van der Waals surface area contributed by atoms with Gasteiger partial charge < -0.3 is 18.8 Å². The number of fused-ring (bicyclic) bond motifs is 2. The maximum absolute atomic E-state index is 13.5. The van der Waals surface area contributed by atoms with Gasteiger partial charge in [-0.15, -0.1) is 0 Å². The summed E-state index contributed by atoms with van der Waals surface area (Å²) in [5, 5.41) is 0. The van der Waals surface area contributed by atoms with E-state index in [2.05, 4.69) is 4.99 Å². The molecule has 5 aliphatic rings. The number of benzene rings is 1. The van der Waals surface area contributed by atoms with Gasteiger partial charge in [0.25, 0.3) is 5.91 Å². The van der Waals surface area contributed by atoms with Gasteiger partial charge >= 0.3 is 5.97 Å². The highest BCUT2D eigenvalue weighted by atomic mass is 32.1. The molecule has 1 aromatic heterocycles. The minimum absolute atomic E-state index is 0.00311. The highest BCUT2D eigenvalue weighted by Gasteiger charge is 2.54. The van der Waals surface area contributed by atoms with E-state index in [0.717, 1.165) is 29.5 Å². The molecular weight excluding hydrogens is 404 g/mol. The van der Waals surface area contributed by atoms with Crippen LogP contribution in [0.1, 0.15) is 38.5 Å². The molecule has 7 rings (SSSR count). The smallest absolute Gasteiger partial charge is 0.325 e. The van der Waals surface area contributed by atoms with Crippen molar-refractivity contribution in [3.05, 3.63) is 16.9 Å². The van der Waals surface area contributed by atoms with E-state index < -0.39 is 0 Å². The number of rotatable bonds is 3. The first-order valence-corrected chi connectivity index (χ1v) is 11.4. The predicted molar refractivity (Wildman–Crippen MR) is 109 cm³/mol. The summed E-state index contributed by atoms with van der Waals surface area (Å²) < 4.78 is 18.6. The topological polar surface area (TPSA) is 79.1 Å². The van der Waals surface area contributed by atoms with Crippen LogP contribution in [0.3, 0.4) is 0 Å². The van der Waals surface area contributed by atoms with Crippen LogP contribution in [0.4, 0.5) is 0 Å². The average Bonchev–Trinajstić information content (AvgIpc) is 3.29. The highest BCUT2D eigenvalue weighted by molar-refractivity contribution is 7.16. The normalized spacial score (nSPS) is 31.5. The van der Waals surface area contributed by atoms with Gasteiger partial charge in [-0.1, -0.05) is 11.3 Å². The number of nitrogens with zero attached hydrogens (tertiary/aromatic N) is 2. The molecule has 1 aromatic carbocycles. The van der Waals surface area contributed by atoms with E-state index >= 15 is 0 Å². The summed E-state index contributed by atoms with van der Waals surface area (Å²) in [6.45, 7) is 0.189. The van der Waals surface area contributed by atoms with Crippen molar-refractivity contribution in [1.29, 1.82) is 0 Å². The number of carbonyl (C=O) groups is 2. The Balaban J connectivity index is 1.45. The summed E-state index contributed by atoms with van der Waals surface area (Å²) in [5.74, 6) is 2.96. The third-order valence-corrected chi connectivity index (χ3v) is 8.42. The standard InChI is InChI=1S/C22H24N2O5S/c1-27-19(25)10-24-15-5-16-17(29-11-28-16)6-18(15)30-21(24)23-20(26)22-7-12-2-13(8-22)4-14(3-12)9-22/h5-6,12-14H,2-4,7-11H2,1H3. The maximum Gasteiger partial charge on any atom is 0.325 e. The fourth-order valence-electron chi connectivity index (χ4n) is 6.47. The second-order valence-corrected chi connectivity index (χ2v) is 10.3. The summed E-state index contributed by atoms with van der Waals surface area (Å²) in [5.41, 5.74) is 0.494. The minimum Gasteiger partial charge on any atom is -0.468 e. The third-order valence-electron chi connectivity index (χ3n) is 7.38. The maximum atomic E-state index is 13.5. The SMILES string of the molecule is COC(=O)Cn1c(=NC(=O)C23CC4CC(CC(C4)C2)C3)sc2cc3c(cc21)OCO3. The Kier molecular flexibility index (Phi) is 4.04. The molecule has 30 heavy (non-hydrogen) atoms. The summed E-state index contributed by atoms with van der Waals surface area (Å²) in [6.07, 6.45) is 6.76. The molecule has 0 saturated heterocycles. The molecule has 0 N–H and O–H groups in total. The summed E-state index contributed by atoms with van der Waals surface area (Å²) in [7, 11) is 1.36. The first-order chi connectivity index (χ1) is 14.5. The van der Waals surface area contributed by atoms with Crippen LogP contribution in [0.2, 0.25) is 0 Å². The molecule has 7 nitrogen and oxygen atoms in total. The van der Waals surface area contributed by atoms with Gasteiger partial charge in [0.05, 0.1) is 22.7 Å². The molecule has 1 amide bonds. The lowest BCUT2D eigenvalue weighted by atomic mass is 9.49. The van der Waals surface area contributed by atoms with Gasteiger partial charge in [-0.25, -0.2) is 0 Å². The van der Waals surface area contributed by atoms with Crippen molar-refractivity contribution in [3.63, 3.8) is 0 Å². The Bertz CT molecular complexity index is 1100.